The van der Waals surface area contributed by atoms with Crippen molar-refractivity contribution in [1.82, 2.24) is 14.8 Å². The van der Waals surface area contributed by atoms with Gasteiger partial charge in [-0.1, -0.05) is 43.2 Å². The first-order chi connectivity index (χ1) is 13.8. The number of aromatic nitrogens is 1. The van der Waals surface area contributed by atoms with Crippen LogP contribution in [0.25, 0.3) is 0 Å². The largest absolute Gasteiger partial charge is 0.443 e. The van der Waals surface area contributed by atoms with Crippen LogP contribution < -0.4 is 0 Å². The minimum absolute atomic E-state index is 0.0160. The maximum Gasteiger partial charge on any atom is 0.237 e. The Balaban J connectivity index is 1.42. The van der Waals surface area contributed by atoms with Crippen molar-refractivity contribution in [2.45, 2.75) is 57.4 Å². The van der Waals surface area contributed by atoms with Crippen LogP contribution >= 0.6 is 0 Å². The zero-order valence-electron chi connectivity index (χ0n) is 16.7. The Morgan fingerprint density at radius 1 is 1.00 bits per heavy atom. The standard InChI is InChI=1S/C23H31N3O2/c27-22(18-25-13-7-1-2-8-14-25)26-15-9-6-12-21(26)23-24-17-20(28-23)16-19-10-4-3-5-11-19/h3-5,10-11,17,21H,1-2,6-9,12-16,18H2. The molecule has 4 rings (SSSR count). The van der Waals surface area contributed by atoms with Crippen molar-refractivity contribution in [2.75, 3.05) is 26.2 Å². The van der Waals surface area contributed by atoms with E-state index in [9.17, 15) is 4.79 Å². The number of oxazole rings is 1. The van der Waals surface area contributed by atoms with Crippen LogP contribution in [0.15, 0.2) is 40.9 Å². The molecule has 5 nitrogen and oxygen atoms in total. The number of likely N-dealkylation sites (tertiary alicyclic amines) is 2. The molecular formula is C23H31N3O2. The highest BCUT2D eigenvalue weighted by molar-refractivity contribution is 5.78. The van der Waals surface area contributed by atoms with Gasteiger partial charge in [0.1, 0.15) is 11.8 Å². The summed E-state index contributed by atoms with van der Waals surface area (Å²) < 4.78 is 6.10. The van der Waals surface area contributed by atoms with Gasteiger partial charge in [0.15, 0.2) is 0 Å². The van der Waals surface area contributed by atoms with Crippen LogP contribution in [0.1, 0.15) is 68.2 Å². The third-order valence-electron chi connectivity index (χ3n) is 5.96. The van der Waals surface area contributed by atoms with Crippen LogP contribution in [-0.2, 0) is 11.2 Å². The maximum absolute atomic E-state index is 13.1. The Labute approximate surface area is 167 Å². The van der Waals surface area contributed by atoms with Gasteiger partial charge in [0.05, 0.1) is 12.7 Å². The molecule has 3 heterocycles. The number of hydrogen-bond acceptors (Lipinski definition) is 4. The first-order valence-electron chi connectivity index (χ1n) is 10.8. The number of carbonyl (C=O) groups excluding carboxylic acids is 1. The fraction of sp³-hybridized carbons (Fsp3) is 0.565. The van der Waals surface area contributed by atoms with E-state index in [2.05, 4.69) is 22.0 Å². The summed E-state index contributed by atoms with van der Waals surface area (Å²) in [5.74, 6) is 1.80. The molecule has 1 unspecified atom stereocenters. The second-order valence-corrected chi connectivity index (χ2v) is 8.12. The lowest BCUT2D eigenvalue weighted by Crippen LogP contribution is -2.44. The van der Waals surface area contributed by atoms with Gasteiger partial charge in [-0.3, -0.25) is 9.69 Å². The summed E-state index contributed by atoms with van der Waals surface area (Å²) in [6, 6.07) is 10.3. The number of piperidine rings is 1. The van der Waals surface area contributed by atoms with Crippen LogP contribution in [0.5, 0.6) is 0 Å². The molecule has 2 saturated heterocycles. The minimum Gasteiger partial charge on any atom is -0.443 e. The van der Waals surface area contributed by atoms with Crippen molar-refractivity contribution < 1.29 is 9.21 Å². The minimum atomic E-state index is -0.0160. The average Bonchev–Trinajstić information content (AvgIpc) is 3.04. The monoisotopic (exact) mass is 381 g/mol. The van der Waals surface area contributed by atoms with Gasteiger partial charge in [0.25, 0.3) is 0 Å². The zero-order chi connectivity index (χ0) is 19.2. The van der Waals surface area contributed by atoms with E-state index in [4.69, 9.17) is 4.42 Å². The molecule has 1 aromatic heterocycles. The number of amides is 1. The van der Waals surface area contributed by atoms with E-state index in [0.29, 0.717) is 12.4 Å². The molecule has 2 aliphatic rings. The Morgan fingerprint density at radius 2 is 1.75 bits per heavy atom. The van der Waals surface area contributed by atoms with E-state index in [-0.39, 0.29) is 11.9 Å². The number of carbonyl (C=O) groups is 1. The summed E-state index contributed by atoms with van der Waals surface area (Å²) in [7, 11) is 0. The van der Waals surface area contributed by atoms with Gasteiger partial charge in [-0.05, 0) is 50.8 Å². The molecule has 1 amide bonds. The van der Waals surface area contributed by atoms with Gasteiger partial charge in [-0.2, -0.15) is 0 Å². The van der Waals surface area contributed by atoms with E-state index in [1.165, 1.54) is 31.2 Å². The van der Waals surface area contributed by atoms with Crippen LogP contribution in [-0.4, -0.2) is 46.9 Å². The first kappa shape index (κ1) is 19.2. The van der Waals surface area contributed by atoms with E-state index in [1.54, 1.807) is 0 Å². The first-order valence-corrected chi connectivity index (χ1v) is 10.8. The molecule has 2 aliphatic heterocycles. The van der Waals surface area contributed by atoms with Gasteiger partial charge in [0, 0.05) is 13.0 Å². The summed E-state index contributed by atoms with van der Waals surface area (Å²) in [6.07, 6.45) is 10.7. The van der Waals surface area contributed by atoms with Gasteiger partial charge < -0.3 is 9.32 Å². The summed E-state index contributed by atoms with van der Waals surface area (Å²) in [4.78, 5) is 22.0. The predicted octanol–water partition coefficient (Wildman–Crippen LogP) is 4.20. The summed E-state index contributed by atoms with van der Waals surface area (Å²) in [5, 5.41) is 0. The van der Waals surface area contributed by atoms with E-state index in [0.717, 1.165) is 51.1 Å². The van der Waals surface area contributed by atoms with Gasteiger partial charge >= 0.3 is 0 Å². The molecule has 0 radical (unpaired) electrons. The van der Waals surface area contributed by atoms with Gasteiger partial charge in [-0.25, -0.2) is 4.98 Å². The van der Waals surface area contributed by atoms with E-state index in [1.807, 2.05) is 29.3 Å². The van der Waals surface area contributed by atoms with Gasteiger partial charge in [0.2, 0.25) is 11.8 Å². The van der Waals surface area contributed by atoms with E-state index >= 15 is 0 Å². The Kier molecular flexibility index (Phi) is 6.42. The van der Waals surface area contributed by atoms with Crippen molar-refractivity contribution in [2.24, 2.45) is 0 Å². The molecule has 2 aromatic rings. The van der Waals surface area contributed by atoms with Crippen molar-refractivity contribution in [3.05, 3.63) is 53.7 Å². The van der Waals surface area contributed by atoms with Crippen molar-refractivity contribution in [1.29, 1.82) is 0 Å². The molecule has 28 heavy (non-hydrogen) atoms. The molecule has 0 N–H and O–H groups in total. The fourth-order valence-corrected chi connectivity index (χ4v) is 4.42. The Hall–Kier alpha value is -2.14. The topological polar surface area (TPSA) is 49.6 Å². The molecule has 0 spiro atoms. The number of hydrogen-bond donors (Lipinski definition) is 0. The second-order valence-electron chi connectivity index (χ2n) is 8.12. The molecule has 5 heteroatoms. The maximum atomic E-state index is 13.1. The average molecular weight is 382 g/mol. The molecule has 1 aromatic carbocycles. The smallest absolute Gasteiger partial charge is 0.237 e. The van der Waals surface area contributed by atoms with Crippen molar-refractivity contribution in [3.63, 3.8) is 0 Å². The highest BCUT2D eigenvalue weighted by atomic mass is 16.4. The molecular weight excluding hydrogens is 350 g/mol. The quantitative estimate of drug-likeness (QED) is 0.779. The van der Waals surface area contributed by atoms with Crippen LogP contribution in [0.3, 0.4) is 0 Å². The highest BCUT2D eigenvalue weighted by Gasteiger charge is 2.32. The lowest BCUT2D eigenvalue weighted by atomic mass is 10.0. The molecule has 1 atom stereocenters. The highest BCUT2D eigenvalue weighted by Crippen LogP contribution is 2.31. The lowest BCUT2D eigenvalue weighted by molar-refractivity contribution is -0.136. The fourth-order valence-electron chi connectivity index (χ4n) is 4.42. The third-order valence-corrected chi connectivity index (χ3v) is 5.96. The summed E-state index contributed by atoms with van der Waals surface area (Å²) in [5.41, 5.74) is 1.21. The molecule has 0 saturated carbocycles. The predicted molar refractivity (Wildman–Crippen MR) is 109 cm³/mol. The molecule has 0 aliphatic carbocycles. The number of nitrogens with zero attached hydrogens (tertiary/aromatic N) is 3. The third kappa shape index (κ3) is 4.82. The van der Waals surface area contributed by atoms with Crippen molar-refractivity contribution >= 4 is 5.91 Å². The summed E-state index contributed by atoms with van der Waals surface area (Å²) >= 11 is 0. The normalized spacial score (nSPS) is 21.4. The molecule has 150 valence electrons. The second kappa shape index (κ2) is 9.37. The van der Waals surface area contributed by atoms with Crippen LogP contribution in [0.2, 0.25) is 0 Å². The van der Waals surface area contributed by atoms with Crippen LogP contribution in [0, 0.1) is 0 Å². The number of rotatable bonds is 5. The lowest BCUT2D eigenvalue weighted by Gasteiger charge is -2.35. The Morgan fingerprint density at radius 3 is 2.54 bits per heavy atom. The van der Waals surface area contributed by atoms with Crippen molar-refractivity contribution in [3.8, 4) is 0 Å². The molecule has 2 fully saturated rings. The van der Waals surface area contributed by atoms with Gasteiger partial charge in [-0.15, -0.1) is 0 Å². The Bertz CT molecular complexity index is 750. The zero-order valence-corrected chi connectivity index (χ0v) is 16.7. The SMILES string of the molecule is O=C(CN1CCCCCC1)N1CCCCC1c1ncc(Cc2ccccc2)o1. The number of benzene rings is 1. The van der Waals surface area contributed by atoms with Crippen LogP contribution in [0.4, 0.5) is 0 Å². The summed E-state index contributed by atoms with van der Waals surface area (Å²) in [6.45, 7) is 3.44. The molecule has 0 bridgehead atoms. The van der Waals surface area contributed by atoms with E-state index < -0.39 is 0 Å².